The summed E-state index contributed by atoms with van der Waals surface area (Å²) in [6.45, 7) is 10.3. The average Bonchev–Trinajstić information content (AvgIpc) is 2.47. The van der Waals surface area contributed by atoms with E-state index in [9.17, 15) is 9.59 Å². The van der Waals surface area contributed by atoms with E-state index in [-0.39, 0.29) is 36.6 Å². The van der Waals surface area contributed by atoms with Gasteiger partial charge in [-0.05, 0) is 0 Å². The number of carbonyl (C=O) groups is 2. The van der Waals surface area contributed by atoms with Gasteiger partial charge in [-0.2, -0.15) is 0 Å². The maximum absolute atomic E-state index is 11.3. The van der Waals surface area contributed by atoms with Crippen LogP contribution >= 0.6 is 0 Å². The summed E-state index contributed by atoms with van der Waals surface area (Å²) >= 11 is 0. The van der Waals surface area contributed by atoms with Crippen LogP contribution in [0.4, 0.5) is 0 Å². The zero-order valence-electron chi connectivity index (χ0n) is 14.3. The van der Waals surface area contributed by atoms with Gasteiger partial charge in [0.1, 0.15) is 13.2 Å². The fourth-order valence-electron chi connectivity index (χ4n) is 1.24. The number of hydrogen-bond acceptors (Lipinski definition) is 6. The highest BCUT2D eigenvalue weighted by atomic mass is 16.6. The van der Waals surface area contributed by atoms with E-state index in [4.69, 9.17) is 18.9 Å². The van der Waals surface area contributed by atoms with Crippen LogP contribution in [0, 0.1) is 11.8 Å². The molecule has 0 amide bonds. The van der Waals surface area contributed by atoms with Gasteiger partial charge in [-0.3, -0.25) is 9.59 Å². The molecule has 0 saturated carbocycles. The van der Waals surface area contributed by atoms with Gasteiger partial charge < -0.3 is 18.9 Å². The molecule has 6 heteroatoms. The molecule has 22 heavy (non-hydrogen) atoms. The molecule has 0 aromatic rings. The molecule has 130 valence electrons. The quantitative estimate of drug-likeness (QED) is 0.426. The normalized spacial score (nSPS) is 11.4. The lowest BCUT2D eigenvalue weighted by molar-refractivity contribution is -0.128. The van der Waals surface area contributed by atoms with E-state index in [0.717, 1.165) is 0 Å². The van der Waals surface area contributed by atoms with Crippen LogP contribution < -0.4 is 0 Å². The molecule has 0 spiro atoms. The fourth-order valence-corrected chi connectivity index (χ4v) is 1.24. The highest BCUT2D eigenvalue weighted by Gasteiger charge is 2.07. The summed E-state index contributed by atoms with van der Waals surface area (Å²) in [5.74, 6) is 0.207. The summed E-state index contributed by atoms with van der Waals surface area (Å²) in [6, 6.07) is 0. The first kappa shape index (κ1) is 21.2. The fraction of sp³-hybridized carbons (Fsp3) is 0.875. The van der Waals surface area contributed by atoms with E-state index in [0.29, 0.717) is 39.6 Å². The molecule has 0 rings (SSSR count). The van der Waals surface area contributed by atoms with Gasteiger partial charge in [0.05, 0.1) is 39.6 Å². The lowest BCUT2D eigenvalue weighted by Gasteiger charge is -2.08. The molecule has 0 saturated heterocycles. The Morgan fingerprint density at radius 2 is 0.864 bits per heavy atom. The van der Waals surface area contributed by atoms with Crippen LogP contribution in [0.5, 0.6) is 0 Å². The van der Waals surface area contributed by atoms with Crippen LogP contribution in [0.25, 0.3) is 0 Å². The molecular formula is C16H30O6. The van der Waals surface area contributed by atoms with Gasteiger partial charge in [-0.15, -0.1) is 0 Å². The Hall–Kier alpha value is -0.820. The van der Waals surface area contributed by atoms with Gasteiger partial charge in [0.25, 0.3) is 0 Å². The van der Waals surface area contributed by atoms with Gasteiger partial charge in [0.2, 0.25) is 0 Å². The highest BCUT2D eigenvalue weighted by Crippen LogP contribution is 1.95. The van der Waals surface area contributed by atoms with Gasteiger partial charge in [-0.1, -0.05) is 27.7 Å². The second-order valence-electron chi connectivity index (χ2n) is 5.57. The van der Waals surface area contributed by atoms with E-state index < -0.39 is 0 Å². The maximum Gasteiger partial charge on any atom is 0.160 e. The molecule has 0 aliphatic heterocycles. The Bertz CT molecular complexity index is 271. The molecule has 0 N–H and O–H groups in total. The first-order valence-electron chi connectivity index (χ1n) is 7.81. The number of ketones is 2. The molecule has 0 aliphatic rings. The smallest absolute Gasteiger partial charge is 0.160 e. The maximum atomic E-state index is 11.3. The minimum absolute atomic E-state index is 0.00682. The van der Waals surface area contributed by atoms with Crippen molar-refractivity contribution in [2.45, 2.75) is 27.7 Å². The number of hydrogen-bond donors (Lipinski definition) is 0. The summed E-state index contributed by atoms with van der Waals surface area (Å²) in [6.07, 6.45) is 0. The SMILES string of the molecule is CC(C)C(=O)COCCOCCOCCOCC(=O)C(C)C. The van der Waals surface area contributed by atoms with E-state index in [1.165, 1.54) is 0 Å². The second kappa shape index (κ2) is 13.8. The van der Waals surface area contributed by atoms with Gasteiger partial charge >= 0.3 is 0 Å². The van der Waals surface area contributed by atoms with E-state index in [1.807, 2.05) is 27.7 Å². The zero-order valence-corrected chi connectivity index (χ0v) is 14.3. The number of ether oxygens (including phenoxy) is 4. The molecule has 0 heterocycles. The Morgan fingerprint density at radius 3 is 1.14 bits per heavy atom. The van der Waals surface area contributed by atoms with E-state index in [1.54, 1.807) is 0 Å². The topological polar surface area (TPSA) is 71.1 Å². The van der Waals surface area contributed by atoms with E-state index >= 15 is 0 Å². The molecule has 0 aliphatic carbocycles. The van der Waals surface area contributed by atoms with Crippen molar-refractivity contribution >= 4 is 11.6 Å². The zero-order chi connectivity index (χ0) is 16.8. The lowest BCUT2D eigenvalue weighted by Crippen LogP contribution is -2.18. The largest absolute Gasteiger partial charge is 0.377 e. The van der Waals surface area contributed by atoms with Crippen molar-refractivity contribution in [3.8, 4) is 0 Å². The van der Waals surface area contributed by atoms with Crippen molar-refractivity contribution in [2.75, 3.05) is 52.9 Å². The first-order chi connectivity index (χ1) is 10.4. The van der Waals surface area contributed by atoms with Crippen molar-refractivity contribution in [3.63, 3.8) is 0 Å². The first-order valence-corrected chi connectivity index (χ1v) is 7.81. The summed E-state index contributed by atoms with van der Waals surface area (Å²) < 4.78 is 21.0. The number of rotatable bonds is 15. The van der Waals surface area contributed by atoms with Crippen molar-refractivity contribution in [2.24, 2.45) is 11.8 Å². The lowest BCUT2D eigenvalue weighted by atomic mass is 10.1. The minimum Gasteiger partial charge on any atom is -0.377 e. The van der Waals surface area contributed by atoms with Crippen molar-refractivity contribution in [1.29, 1.82) is 0 Å². The highest BCUT2D eigenvalue weighted by molar-refractivity contribution is 5.81. The van der Waals surface area contributed by atoms with Gasteiger partial charge in [0, 0.05) is 11.8 Å². The van der Waals surface area contributed by atoms with Crippen LogP contribution in [-0.4, -0.2) is 64.4 Å². The molecule has 0 unspecified atom stereocenters. The Kier molecular flexibility index (Phi) is 13.3. The Morgan fingerprint density at radius 1 is 0.591 bits per heavy atom. The van der Waals surface area contributed by atoms with Gasteiger partial charge in [-0.25, -0.2) is 0 Å². The van der Waals surface area contributed by atoms with Crippen molar-refractivity contribution in [3.05, 3.63) is 0 Å². The van der Waals surface area contributed by atoms with Crippen LogP contribution in [0.1, 0.15) is 27.7 Å². The predicted octanol–water partition coefficient (Wildman–Crippen LogP) is 1.50. The summed E-state index contributed by atoms with van der Waals surface area (Å²) in [5.41, 5.74) is 0. The van der Waals surface area contributed by atoms with Crippen LogP contribution in [0.15, 0.2) is 0 Å². The third-order valence-electron chi connectivity index (χ3n) is 2.89. The second-order valence-corrected chi connectivity index (χ2v) is 5.57. The molecule has 6 nitrogen and oxygen atoms in total. The molecular weight excluding hydrogens is 288 g/mol. The average molecular weight is 318 g/mol. The third kappa shape index (κ3) is 12.9. The Labute approximate surface area is 133 Å². The number of Topliss-reactive ketones (excluding diaryl/α,β-unsaturated/α-hetero) is 2. The van der Waals surface area contributed by atoms with Gasteiger partial charge in [0.15, 0.2) is 11.6 Å². The van der Waals surface area contributed by atoms with Crippen molar-refractivity contribution < 1.29 is 28.5 Å². The van der Waals surface area contributed by atoms with Crippen LogP contribution in [0.2, 0.25) is 0 Å². The summed E-state index contributed by atoms with van der Waals surface area (Å²) in [7, 11) is 0. The standard InChI is InChI=1S/C16H30O6/c1-13(2)15(17)11-21-9-7-19-5-6-20-8-10-22-12-16(18)14(3)4/h13-14H,5-12H2,1-4H3. The monoisotopic (exact) mass is 318 g/mol. The molecule has 0 radical (unpaired) electrons. The van der Waals surface area contributed by atoms with Crippen LogP contribution in [0.3, 0.4) is 0 Å². The van der Waals surface area contributed by atoms with E-state index in [2.05, 4.69) is 0 Å². The minimum atomic E-state index is 0.00682. The molecule has 0 fully saturated rings. The molecule has 0 aromatic carbocycles. The Balaban J connectivity index is 3.18. The molecule has 0 atom stereocenters. The van der Waals surface area contributed by atoms with Crippen molar-refractivity contribution in [1.82, 2.24) is 0 Å². The summed E-state index contributed by atoms with van der Waals surface area (Å²) in [5, 5.41) is 0. The third-order valence-corrected chi connectivity index (χ3v) is 2.89. The summed E-state index contributed by atoms with van der Waals surface area (Å²) in [4.78, 5) is 22.5. The molecule has 0 bridgehead atoms. The molecule has 0 aromatic heterocycles. The van der Waals surface area contributed by atoms with Crippen LogP contribution in [-0.2, 0) is 28.5 Å². The predicted molar refractivity (Wildman–Crippen MR) is 83.0 cm³/mol. The number of carbonyl (C=O) groups excluding carboxylic acids is 2.